The van der Waals surface area contributed by atoms with E-state index in [1.54, 1.807) is 23.2 Å². The lowest BCUT2D eigenvalue weighted by Crippen LogP contribution is -2.42. The van der Waals surface area contributed by atoms with E-state index in [2.05, 4.69) is 10.3 Å². The Morgan fingerprint density at radius 2 is 2.35 bits per heavy atom. The molecule has 0 saturated carbocycles. The number of nitrogens with one attached hydrogen (secondary N) is 1. The molecular weight excluding hydrogens is 238 g/mol. The highest BCUT2D eigenvalue weighted by Gasteiger charge is 2.26. The fourth-order valence-electron chi connectivity index (χ4n) is 1.79. The van der Waals surface area contributed by atoms with Crippen molar-refractivity contribution in [3.63, 3.8) is 0 Å². The highest BCUT2D eigenvalue weighted by atomic mass is 32.1. The van der Waals surface area contributed by atoms with E-state index in [0.717, 1.165) is 10.7 Å². The summed E-state index contributed by atoms with van der Waals surface area (Å²) in [5.41, 5.74) is 0.967. The van der Waals surface area contributed by atoms with Gasteiger partial charge in [-0.25, -0.2) is 4.98 Å². The predicted molar refractivity (Wildman–Crippen MR) is 64.5 cm³/mol. The summed E-state index contributed by atoms with van der Waals surface area (Å²) in [6, 6.07) is -0.439. The average Bonchev–Trinajstić information content (AvgIpc) is 2.64. The van der Waals surface area contributed by atoms with Gasteiger partial charge in [0.1, 0.15) is 11.0 Å². The molecule has 0 bridgehead atoms. The van der Waals surface area contributed by atoms with E-state index in [-0.39, 0.29) is 11.8 Å². The first-order chi connectivity index (χ1) is 8.06. The summed E-state index contributed by atoms with van der Waals surface area (Å²) in [4.78, 5) is 29.4. The topological polar surface area (TPSA) is 62.3 Å². The molecule has 2 heterocycles. The average molecular weight is 253 g/mol. The van der Waals surface area contributed by atoms with E-state index < -0.39 is 6.04 Å². The minimum absolute atomic E-state index is 0.0382. The Balaban J connectivity index is 2.08. The number of carbonyl (C=O) groups excluding carboxylic acids is 2. The van der Waals surface area contributed by atoms with Gasteiger partial charge >= 0.3 is 0 Å². The second kappa shape index (κ2) is 4.83. The van der Waals surface area contributed by atoms with Crippen molar-refractivity contribution >= 4 is 23.2 Å². The zero-order valence-corrected chi connectivity index (χ0v) is 10.7. The number of aryl methyl sites for hydroxylation is 1. The first-order valence-electron chi connectivity index (χ1n) is 5.55. The van der Waals surface area contributed by atoms with Gasteiger partial charge in [0, 0.05) is 24.0 Å². The maximum absolute atomic E-state index is 12.0. The van der Waals surface area contributed by atoms with Crippen LogP contribution in [0.4, 0.5) is 0 Å². The third kappa shape index (κ3) is 2.82. The summed E-state index contributed by atoms with van der Waals surface area (Å²) in [5.74, 6) is -0.104. The highest BCUT2D eigenvalue weighted by molar-refractivity contribution is 7.09. The van der Waals surface area contributed by atoms with Gasteiger partial charge in [0.2, 0.25) is 11.8 Å². The molecular formula is C11H15N3O2S. The molecule has 0 aliphatic carbocycles. The zero-order valence-electron chi connectivity index (χ0n) is 9.90. The Morgan fingerprint density at radius 3 is 3.00 bits per heavy atom. The van der Waals surface area contributed by atoms with E-state index in [4.69, 9.17) is 0 Å². The third-order valence-corrected chi connectivity index (χ3v) is 3.61. The molecule has 1 aromatic heterocycles. The molecule has 1 aromatic rings. The number of aromatic nitrogens is 1. The Morgan fingerprint density at radius 1 is 1.59 bits per heavy atom. The van der Waals surface area contributed by atoms with Crippen molar-refractivity contribution in [3.05, 3.63) is 16.1 Å². The Hall–Kier alpha value is -1.43. The molecule has 92 valence electrons. The van der Waals surface area contributed by atoms with Crippen molar-refractivity contribution < 1.29 is 9.59 Å². The van der Waals surface area contributed by atoms with Crippen LogP contribution < -0.4 is 5.32 Å². The molecule has 2 rings (SSSR count). The largest absolute Gasteiger partial charge is 0.345 e. The van der Waals surface area contributed by atoms with Gasteiger partial charge in [0.15, 0.2) is 0 Å². The summed E-state index contributed by atoms with van der Waals surface area (Å²) in [5, 5.41) is 5.54. The van der Waals surface area contributed by atoms with Crippen molar-refractivity contribution in [1.29, 1.82) is 0 Å². The van der Waals surface area contributed by atoms with E-state index in [1.165, 1.54) is 0 Å². The molecule has 1 unspecified atom stereocenters. The summed E-state index contributed by atoms with van der Waals surface area (Å²) in [7, 11) is 0. The van der Waals surface area contributed by atoms with Gasteiger partial charge in [-0.05, 0) is 13.8 Å². The normalized spacial score (nSPS) is 21.3. The van der Waals surface area contributed by atoms with Gasteiger partial charge in [0.05, 0.1) is 6.54 Å². The zero-order chi connectivity index (χ0) is 12.4. The smallest absolute Gasteiger partial charge is 0.245 e. The molecule has 0 aromatic carbocycles. The molecule has 1 saturated heterocycles. The number of thiazole rings is 1. The number of hydrogen-bond acceptors (Lipinski definition) is 4. The van der Waals surface area contributed by atoms with Gasteiger partial charge in [-0.2, -0.15) is 0 Å². The molecule has 1 atom stereocenters. The first kappa shape index (κ1) is 12.0. The van der Waals surface area contributed by atoms with Crippen LogP contribution in [0.2, 0.25) is 0 Å². The van der Waals surface area contributed by atoms with E-state index in [1.807, 2.05) is 12.3 Å². The van der Waals surface area contributed by atoms with Crippen LogP contribution in [0.25, 0.3) is 0 Å². The summed E-state index contributed by atoms with van der Waals surface area (Å²) in [6.07, 6.45) is 0.362. The van der Waals surface area contributed by atoms with Crippen LogP contribution in [-0.4, -0.2) is 34.3 Å². The minimum Gasteiger partial charge on any atom is -0.345 e. The Labute approximate surface area is 104 Å². The molecule has 17 heavy (non-hydrogen) atoms. The van der Waals surface area contributed by atoms with Crippen LogP contribution in [0.5, 0.6) is 0 Å². The van der Waals surface area contributed by atoms with Crippen molar-refractivity contribution in [2.24, 2.45) is 0 Å². The van der Waals surface area contributed by atoms with Gasteiger partial charge in [-0.3, -0.25) is 9.59 Å². The van der Waals surface area contributed by atoms with Gasteiger partial charge in [-0.1, -0.05) is 0 Å². The van der Waals surface area contributed by atoms with E-state index in [9.17, 15) is 9.59 Å². The summed E-state index contributed by atoms with van der Waals surface area (Å²) < 4.78 is 0. The molecule has 5 nitrogen and oxygen atoms in total. The van der Waals surface area contributed by atoms with E-state index in [0.29, 0.717) is 19.5 Å². The van der Waals surface area contributed by atoms with Crippen molar-refractivity contribution in [3.8, 4) is 0 Å². The molecule has 0 radical (unpaired) electrons. The lowest BCUT2D eigenvalue weighted by atomic mass is 10.3. The van der Waals surface area contributed by atoms with Crippen molar-refractivity contribution in [2.45, 2.75) is 32.9 Å². The lowest BCUT2D eigenvalue weighted by molar-refractivity contribution is -0.133. The van der Waals surface area contributed by atoms with Crippen LogP contribution >= 0.6 is 11.3 Å². The van der Waals surface area contributed by atoms with Crippen LogP contribution in [0.1, 0.15) is 24.0 Å². The molecule has 6 heteroatoms. The standard InChI is InChI=1S/C11H15N3O2S/c1-7-6-17-10(12-7)5-14-4-3-9(15)13-8(2)11(14)16/h6,8H,3-5H2,1-2H3,(H,13,15). The predicted octanol–water partition coefficient (Wildman–Crippen LogP) is 0.689. The molecule has 1 N–H and O–H groups in total. The maximum atomic E-state index is 12.0. The molecule has 1 aliphatic heterocycles. The molecule has 1 fully saturated rings. The SMILES string of the molecule is Cc1csc(CN2CCC(=O)NC(C)C2=O)n1. The summed E-state index contributed by atoms with van der Waals surface area (Å²) in [6.45, 7) is 4.61. The first-order valence-corrected chi connectivity index (χ1v) is 6.43. The third-order valence-electron chi connectivity index (χ3n) is 2.66. The number of nitrogens with zero attached hydrogens (tertiary/aromatic N) is 2. The number of rotatable bonds is 2. The summed E-state index contributed by atoms with van der Waals surface area (Å²) >= 11 is 1.54. The quantitative estimate of drug-likeness (QED) is 0.843. The fourth-order valence-corrected chi connectivity index (χ4v) is 2.58. The van der Waals surface area contributed by atoms with Gasteiger partial charge in [-0.15, -0.1) is 11.3 Å². The van der Waals surface area contributed by atoms with Crippen molar-refractivity contribution in [2.75, 3.05) is 6.54 Å². The number of hydrogen-bond donors (Lipinski definition) is 1. The monoisotopic (exact) mass is 253 g/mol. The maximum Gasteiger partial charge on any atom is 0.245 e. The van der Waals surface area contributed by atoms with Crippen LogP contribution in [0.3, 0.4) is 0 Å². The van der Waals surface area contributed by atoms with Gasteiger partial charge in [0.25, 0.3) is 0 Å². The Bertz CT molecular complexity index is 444. The van der Waals surface area contributed by atoms with Crippen LogP contribution in [0, 0.1) is 6.92 Å². The van der Waals surface area contributed by atoms with Crippen molar-refractivity contribution in [1.82, 2.24) is 15.2 Å². The van der Waals surface area contributed by atoms with Gasteiger partial charge < -0.3 is 10.2 Å². The van der Waals surface area contributed by atoms with E-state index >= 15 is 0 Å². The number of amides is 2. The second-order valence-electron chi connectivity index (χ2n) is 4.18. The highest BCUT2D eigenvalue weighted by Crippen LogP contribution is 2.14. The Kier molecular flexibility index (Phi) is 3.42. The minimum atomic E-state index is -0.439. The molecule has 0 spiro atoms. The fraction of sp³-hybridized carbons (Fsp3) is 0.545. The van der Waals surface area contributed by atoms with Crippen LogP contribution in [0.15, 0.2) is 5.38 Å². The lowest BCUT2D eigenvalue weighted by Gasteiger charge is -2.20. The van der Waals surface area contributed by atoms with Crippen LogP contribution in [-0.2, 0) is 16.1 Å². The molecule has 2 amide bonds. The molecule has 1 aliphatic rings. The number of carbonyl (C=O) groups is 2. The second-order valence-corrected chi connectivity index (χ2v) is 5.12.